The minimum Gasteiger partial charge on any atom is -0.489 e. The molecule has 0 saturated carbocycles. The molecule has 5 nitrogen and oxygen atoms in total. The Hall–Kier alpha value is -2.98. The van der Waals surface area contributed by atoms with Crippen molar-refractivity contribution in [2.45, 2.75) is 19.3 Å². The van der Waals surface area contributed by atoms with E-state index in [0.29, 0.717) is 22.2 Å². The SMILES string of the molecule is CSNc1nccc2nc(-c3ccc(C(C)(C)c4cc(Cl)c(OCCCl)c(C#N)c4)cc3)ccc12. The van der Waals surface area contributed by atoms with Gasteiger partial charge in [0.25, 0.3) is 0 Å². The van der Waals surface area contributed by atoms with E-state index in [1.165, 1.54) is 11.9 Å². The first-order chi connectivity index (χ1) is 16.9. The topological polar surface area (TPSA) is 70.8 Å². The van der Waals surface area contributed by atoms with E-state index in [2.05, 4.69) is 53.9 Å². The number of ether oxygens (including phenoxy) is 1. The van der Waals surface area contributed by atoms with Gasteiger partial charge in [-0.2, -0.15) is 5.26 Å². The van der Waals surface area contributed by atoms with Crippen LogP contribution in [0.15, 0.2) is 60.8 Å². The lowest BCUT2D eigenvalue weighted by atomic mass is 9.77. The van der Waals surface area contributed by atoms with Crippen molar-refractivity contribution in [1.82, 2.24) is 9.97 Å². The third-order valence-corrected chi connectivity index (χ3v) is 6.76. The minimum absolute atomic E-state index is 0.287. The number of nitrogens with one attached hydrogen (secondary N) is 1. The number of pyridine rings is 2. The third-order valence-electron chi connectivity index (χ3n) is 5.93. The van der Waals surface area contributed by atoms with E-state index in [-0.39, 0.29) is 12.0 Å². The average Bonchev–Trinajstić information content (AvgIpc) is 2.87. The first-order valence-corrected chi connectivity index (χ1v) is 13.1. The van der Waals surface area contributed by atoms with Gasteiger partial charge in [0.05, 0.1) is 27.7 Å². The number of benzene rings is 2. The van der Waals surface area contributed by atoms with E-state index in [0.717, 1.165) is 39.1 Å². The van der Waals surface area contributed by atoms with Crippen LogP contribution in [0.2, 0.25) is 5.02 Å². The maximum absolute atomic E-state index is 9.65. The monoisotopic (exact) mass is 522 g/mol. The Morgan fingerprint density at radius 2 is 1.86 bits per heavy atom. The van der Waals surface area contributed by atoms with Crippen molar-refractivity contribution in [2.75, 3.05) is 23.5 Å². The van der Waals surface area contributed by atoms with Crippen LogP contribution in [0.4, 0.5) is 5.82 Å². The van der Waals surface area contributed by atoms with Gasteiger partial charge in [-0.25, -0.2) is 9.97 Å². The molecule has 0 aliphatic carbocycles. The molecule has 0 fully saturated rings. The Labute approximate surface area is 219 Å². The lowest BCUT2D eigenvalue weighted by Crippen LogP contribution is -2.19. The van der Waals surface area contributed by atoms with Crippen LogP contribution in [0.25, 0.3) is 22.2 Å². The predicted molar refractivity (Wildman–Crippen MR) is 147 cm³/mol. The summed E-state index contributed by atoms with van der Waals surface area (Å²) in [6.07, 6.45) is 3.72. The van der Waals surface area contributed by atoms with E-state index in [1.54, 1.807) is 6.20 Å². The first-order valence-electron chi connectivity index (χ1n) is 11.0. The Morgan fingerprint density at radius 1 is 1.09 bits per heavy atom. The average molecular weight is 523 g/mol. The predicted octanol–water partition coefficient (Wildman–Crippen LogP) is 7.46. The van der Waals surface area contributed by atoms with Gasteiger partial charge in [-0.3, -0.25) is 0 Å². The molecule has 0 aliphatic rings. The fraction of sp³-hybridized carbons (Fsp3) is 0.222. The number of aromatic nitrogens is 2. The molecule has 0 saturated heterocycles. The Bertz CT molecular complexity index is 1400. The van der Waals surface area contributed by atoms with E-state index >= 15 is 0 Å². The summed E-state index contributed by atoms with van der Waals surface area (Å²) >= 11 is 13.7. The van der Waals surface area contributed by atoms with E-state index in [4.69, 9.17) is 32.9 Å². The maximum Gasteiger partial charge on any atom is 0.155 e. The minimum atomic E-state index is -0.389. The van der Waals surface area contributed by atoms with Crippen LogP contribution in [0.1, 0.15) is 30.5 Å². The number of rotatable bonds is 8. The van der Waals surface area contributed by atoms with Crippen molar-refractivity contribution in [3.8, 4) is 23.1 Å². The first kappa shape index (κ1) is 25.1. The molecule has 178 valence electrons. The molecular formula is C27H24Cl2N4OS. The second-order valence-corrected chi connectivity index (χ2v) is 9.81. The Morgan fingerprint density at radius 3 is 2.54 bits per heavy atom. The number of nitrogens with zero attached hydrogens (tertiary/aromatic N) is 3. The summed E-state index contributed by atoms with van der Waals surface area (Å²) in [5, 5.41) is 11.0. The van der Waals surface area contributed by atoms with Gasteiger partial charge >= 0.3 is 0 Å². The van der Waals surface area contributed by atoms with Crippen molar-refractivity contribution in [3.63, 3.8) is 0 Å². The van der Waals surface area contributed by atoms with Gasteiger partial charge in [-0.05, 0) is 41.5 Å². The highest BCUT2D eigenvalue weighted by Gasteiger charge is 2.26. The van der Waals surface area contributed by atoms with Crippen LogP contribution >= 0.6 is 35.1 Å². The molecule has 0 bridgehead atoms. The maximum atomic E-state index is 9.65. The molecule has 2 heterocycles. The quantitative estimate of drug-likeness (QED) is 0.191. The lowest BCUT2D eigenvalue weighted by molar-refractivity contribution is 0.341. The molecule has 8 heteroatoms. The van der Waals surface area contributed by atoms with Crippen LogP contribution in [0.5, 0.6) is 5.75 Å². The van der Waals surface area contributed by atoms with Gasteiger partial charge < -0.3 is 9.46 Å². The van der Waals surface area contributed by atoms with Gasteiger partial charge in [0.1, 0.15) is 18.5 Å². The van der Waals surface area contributed by atoms with Gasteiger partial charge in [0.2, 0.25) is 0 Å². The molecule has 0 amide bonds. The highest BCUT2D eigenvalue weighted by molar-refractivity contribution is 7.99. The van der Waals surface area contributed by atoms with E-state index in [1.807, 2.05) is 36.6 Å². The number of anilines is 1. The fourth-order valence-electron chi connectivity index (χ4n) is 3.94. The summed E-state index contributed by atoms with van der Waals surface area (Å²) in [7, 11) is 0. The van der Waals surface area contributed by atoms with Crippen molar-refractivity contribution in [3.05, 3.63) is 82.5 Å². The molecule has 0 atom stereocenters. The largest absolute Gasteiger partial charge is 0.489 e. The normalized spacial score (nSPS) is 11.3. The Kier molecular flexibility index (Phi) is 7.71. The summed E-state index contributed by atoms with van der Waals surface area (Å²) in [4.78, 5) is 9.23. The Balaban J connectivity index is 1.65. The van der Waals surface area contributed by atoms with Crippen LogP contribution < -0.4 is 9.46 Å². The standard InChI is InChI=1S/C27H24Cl2N4OS/c1-27(2,20-14-18(16-30)25(22(29)15-20)34-13-11-28)19-6-4-17(5-7-19)23-9-8-21-24(32-23)10-12-31-26(21)33-35-3/h4-10,12,14-15H,11,13H2,1-3H3,(H,31,33). The summed E-state index contributed by atoms with van der Waals surface area (Å²) in [6, 6.07) is 20.2. The molecule has 35 heavy (non-hydrogen) atoms. The molecule has 2 aromatic heterocycles. The van der Waals surface area contributed by atoms with Crippen LogP contribution in [-0.2, 0) is 5.41 Å². The number of hydrogen-bond donors (Lipinski definition) is 1. The smallest absolute Gasteiger partial charge is 0.155 e. The van der Waals surface area contributed by atoms with Gasteiger partial charge in [-0.15, -0.1) is 11.6 Å². The highest BCUT2D eigenvalue weighted by atomic mass is 35.5. The zero-order valence-electron chi connectivity index (χ0n) is 19.6. The second-order valence-electron chi connectivity index (χ2n) is 8.42. The number of nitriles is 1. The van der Waals surface area contributed by atoms with Crippen molar-refractivity contribution in [1.29, 1.82) is 5.26 Å². The van der Waals surface area contributed by atoms with Gasteiger partial charge in [-0.1, -0.05) is 61.7 Å². The fourth-order valence-corrected chi connectivity index (χ4v) is 4.65. The summed E-state index contributed by atoms with van der Waals surface area (Å²) in [5.74, 6) is 1.50. The van der Waals surface area contributed by atoms with Crippen molar-refractivity contribution < 1.29 is 4.74 Å². The molecule has 0 spiro atoms. The van der Waals surface area contributed by atoms with Gasteiger partial charge in [0, 0.05) is 28.8 Å². The number of alkyl halides is 1. The zero-order chi connectivity index (χ0) is 25.0. The molecule has 4 rings (SSSR count). The third kappa shape index (κ3) is 5.18. The summed E-state index contributed by atoms with van der Waals surface area (Å²) in [6.45, 7) is 4.50. The highest BCUT2D eigenvalue weighted by Crippen LogP contribution is 2.38. The molecule has 0 radical (unpaired) electrons. The van der Waals surface area contributed by atoms with Crippen LogP contribution in [0, 0.1) is 11.3 Å². The van der Waals surface area contributed by atoms with E-state index < -0.39 is 0 Å². The second kappa shape index (κ2) is 10.7. The molecule has 4 aromatic rings. The van der Waals surface area contributed by atoms with Crippen molar-refractivity contribution >= 4 is 51.9 Å². The molecule has 0 aliphatic heterocycles. The zero-order valence-corrected chi connectivity index (χ0v) is 21.9. The number of fused-ring (bicyclic) bond motifs is 1. The van der Waals surface area contributed by atoms with E-state index in [9.17, 15) is 5.26 Å². The molecule has 2 aromatic carbocycles. The number of hydrogen-bond acceptors (Lipinski definition) is 6. The summed E-state index contributed by atoms with van der Waals surface area (Å²) < 4.78 is 8.79. The van der Waals surface area contributed by atoms with Gasteiger partial charge in [0.15, 0.2) is 5.75 Å². The lowest BCUT2D eigenvalue weighted by Gasteiger charge is -2.27. The summed E-state index contributed by atoms with van der Waals surface area (Å²) in [5.41, 5.74) is 4.81. The molecular weight excluding hydrogens is 499 g/mol. The number of halogens is 2. The molecule has 0 unspecified atom stereocenters. The van der Waals surface area contributed by atoms with Crippen molar-refractivity contribution in [2.24, 2.45) is 0 Å². The van der Waals surface area contributed by atoms with Crippen LogP contribution in [-0.4, -0.2) is 28.7 Å². The molecule has 1 N–H and O–H groups in total. The van der Waals surface area contributed by atoms with Crippen LogP contribution in [0.3, 0.4) is 0 Å².